The van der Waals surface area contributed by atoms with E-state index in [2.05, 4.69) is 0 Å². The molecule has 4 rings (SSSR count). The Morgan fingerprint density at radius 3 is 2.29 bits per heavy atom. The van der Waals surface area contributed by atoms with Crippen molar-refractivity contribution in [2.75, 3.05) is 37.6 Å². The van der Waals surface area contributed by atoms with Gasteiger partial charge in [0.05, 0.1) is 0 Å². The second-order valence-electron chi connectivity index (χ2n) is 7.98. The summed E-state index contributed by atoms with van der Waals surface area (Å²) in [5, 5.41) is -0.743. The van der Waals surface area contributed by atoms with E-state index in [0.717, 1.165) is 5.69 Å². The molecule has 0 aromatic heterocycles. The molecule has 166 valence electrons. The average molecular weight is 450 g/mol. The number of carbonyl (C=O) groups is 1. The van der Waals surface area contributed by atoms with Crippen LogP contribution in [0.1, 0.15) is 29.7 Å². The van der Waals surface area contributed by atoms with Gasteiger partial charge in [0.1, 0.15) is 16.9 Å². The summed E-state index contributed by atoms with van der Waals surface area (Å²) in [6.45, 7) is 4.22. The van der Waals surface area contributed by atoms with Crippen LogP contribution >= 0.6 is 0 Å². The van der Waals surface area contributed by atoms with Gasteiger partial charge in [-0.05, 0) is 36.2 Å². The highest BCUT2D eigenvalue weighted by Crippen LogP contribution is 2.36. The Morgan fingerprint density at radius 1 is 1.00 bits per heavy atom. The number of hydrogen-bond acceptors (Lipinski definition) is 4. The molecule has 0 bridgehead atoms. The number of nitrogens with zero attached hydrogens (tertiary/aromatic N) is 3. The predicted octanol–water partition coefficient (Wildman–Crippen LogP) is 2.91. The minimum absolute atomic E-state index is 0.0342. The molecule has 0 saturated carbocycles. The SMILES string of the molecule is CC(=O)N1CCN(c2ccc(CN3CCC(c4ccc(F)cc4)S3(=O)=O)c(F)c2)CC1. The summed E-state index contributed by atoms with van der Waals surface area (Å²) in [4.78, 5) is 15.2. The van der Waals surface area contributed by atoms with Crippen molar-refractivity contribution in [2.24, 2.45) is 0 Å². The van der Waals surface area contributed by atoms with Gasteiger partial charge in [0, 0.05) is 57.4 Å². The van der Waals surface area contributed by atoms with Gasteiger partial charge in [0.25, 0.3) is 0 Å². The van der Waals surface area contributed by atoms with Gasteiger partial charge in [0.15, 0.2) is 0 Å². The van der Waals surface area contributed by atoms with E-state index >= 15 is 0 Å². The number of halogens is 2. The highest BCUT2D eigenvalue weighted by Gasteiger charge is 2.40. The van der Waals surface area contributed by atoms with Gasteiger partial charge in [-0.2, -0.15) is 4.31 Å². The molecule has 2 heterocycles. The minimum atomic E-state index is -3.66. The van der Waals surface area contributed by atoms with Gasteiger partial charge in [-0.15, -0.1) is 0 Å². The molecule has 31 heavy (non-hydrogen) atoms. The number of sulfonamides is 1. The lowest BCUT2D eigenvalue weighted by atomic mass is 10.1. The summed E-state index contributed by atoms with van der Waals surface area (Å²) >= 11 is 0. The molecular weight excluding hydrogens is 424 g/mol. The predicted molar refractivity (Wildman–Crippen MR) is 114 cm³/mol. The molecule has 2 aliphatic rings. The second-order valence-corrected chi connectivity index (χ2v) is 10.1. The Morgan fingerprint density at radius 2 is 1.68 bits per heavy atom. The van der Waals surface area contributed by atoms with E-state index in [1.807, 2.05) is 4.90 Å². The molecule has 2 saturated heterocycles. The lowest BCUT2D eigenvalue weighted by Crippen LogP contribution is -2.48. The van der Waals surface area contributed by atoms with E-state index in [0.29, 0.717) is 50.3 Å². The molecule has 9 heteroatoms. The van der Waals surface area contributed by atoms with E-state index < -0.39 is 26.9 Å². The molecule has 6 nitrogen and oxygen atoms in total. The number of carbonyl (C=O) groups excluding carboxylic acids is 1. The van der Waals surface area contributed by atoms with E-state index in [4.69, 9.17) is 0 Å². The first-order valence-corrected chi connectivity index (χ1v) is 11.8. The summed E-state index contributed by atoms with van der Waals surface area (Å²) < 4.78 is 55.2. The molecule has 2 fully saturated rings. The third kappa shape index (κ3) is 4.43. The molecule has 2 aromatic carbocycles. The maximum Gasteiger partial charge on any atom is 0.221 e. The smallest absolute Gasteiger partial charge is 0.221 e. The van der Waals surface area contributed by atoms with Crippen LogP contribution in [0.5, 0.6) is 0 Å². The molecule has 2 aliphatic heterocycles. The minimum Gasteiger partial charge on any atom is -0.368 e. The fourth-order valence-corrected chi connectivity index (χ4v) is 6.18. The lowest BCUT2D eigenvalue weighted by molar-refractivity contribution is -0.129. The summed E-state index contributed by atoms with van der Waals surface area (Å²) in [6, 6.07) is 10.3. The van der Waals surface area contributed by atoms with Gasteiger partial charge in [-0.3, -0.25) is 4.79 Å². The normalized spacial score (nSPS) is 21.5. The van der Waals surface area contributed by atoms with Crippen LogP contribution in [0.3, 0.4) is 0 Å². The Bertz CT molecular complexity index is 1070. The first kappa shape index (κ1) is 21.7. The Balaban J connectivity index is 1.45. The van der Waals surface area contributed by atoms with Crippen LogP contribution in [0.25, 0.3) is 0 Å². The van der Waals surface area contributed by atoms with Gasteiger partial charge in [0.2, 0.25) is 15.9 Å². The number of hydrogen-bond donors (Lipinski definition) is 0. The molecular formula is C22H25F2N3O3S. The Labute approximate surface area is 181 Å². The summed E-state index contributed by atoms with van der Waals surface area (Å²) in [5.41, 5.74) is 1.58. The fraction of sp³-hybridized carbons (Fsp3) is 0.409. The third-order valence-electron chi connectivity index (χ3n) is 6.08. The molecule has 0 spiro atoms. The van der Waals surface area contributed by atoms with Crippen LogP contribution in [0, 0.1) is 11.6 Å². The van der Waals surface area contributed by atoms with Crippen molar-refractivity contribution in [1.82, 2.24) is 9.21 Å². The van der Waals surface area contributed by atoms with Crippen molar-refractivity contribution in [3.05, 3.63) is 65.2 Å². The van der Waals surface area contributed by atoms with Crippen molar-refractivity contribution >= 4 is 21.6 Å². The largest absolute Gasteiger partial charge is 0.368 e. The van der Waals surface area contributed by atoms with Crippen LogP contribution in [-0.4, -0.2) is 56.3 Å². The molecule has 0 N–H and O–H groups in total. The summed E-state index contributed by atoms with van der Waals surface area (Å²) in [7, 11) is -3.66. The number of piperazine rings is 1. The molecule has 1 amide bonds. The van der Waals surface area contributed by atoms with Gasteiger partial charge >= 0.3 is 0 Å². The number of benzene rings is 2. The maximum absolute atomic E-state index is 14.8. The summed E-state index contributed by atoms with van der Waals surface area (Å²) in [6.07, 6.45) is 0.383. The fourth-order valence-electron chi connectivity index (χ4n) is 4.23. The van der Waals surface area contributed by atoms with Crippen molar-refractivity contribution < 1.29 is 22.0 Å². The quantitative estimate of drug-likeness (QED) is 0.720. The molecule has 1 unspecified atom stereocenters. The molecule has 0 aliphatic carbocycles. The molecule has 0 radical (unpaired) electrons. The first-order valence-electron chi connectivity index (χ1n) is 10.3. The van der Waals surface area contributed by atoms with Gasteiger partial charge in [-0.25, -0.2) is 17.2 Å². The van der Waals surface area contributed by atoms with E-state index in [1.165, 1.54) is 41.6 Å². The molecule has 1 atom stereocenters. The number of amides is 1. The van der Waals surface area contributed by atoms with Crippen molar-refractivity contribution in [1.29, 1.82) is 0 Å². The average Bonchev–Trinajstić information content (AvgIpc) is 3.04. The number of rotatable bonds is 4. The van der Waals surface area contributed by atoms with Crippen molar-refractivity contribution in [2.45, 2.75) is 25.1 Å². The monoisotopic (exact) mass is 449 g/mol. The van der Waals surface area contributed by atoms with Crippen LogP contribution in [-0.2, 0) is 21.4 Å². The highest BCUT2D eigenvalue weighted by atomic mass is 32.2. The van der Waals surface area contributed by atoms with E-state index in [1.54, 1.807) is 17.0 Å². The number of anilines is 1. The van der Waals surface area contributed by atoms with Gasteiger partial charge < -0.3 is 9.80 Å². The Kier molecular flexibility index (Phi) is 5.98. The van der Waals surface area contributed by atoms with Crippen LogP contribution in [0.15, 0.2) is 42.5 Å². The zero-order chi connectivity index (χ0) is 22.2. The topological polar surface area (TPSA) is 60.9 Å². The standard InChI is InChI=1S/C22H25F2N3O3S/c1-16(28)25-10-12-26(13-11-25)20-7-4-18(21(24)14-20)15-27-9-8-22(31(27,29)30)17-2-5-19(23)6-3-17/h2-7,14,22H,8-13,15H2,1H3. The second kappa shape index (κ2) is 8.55. The highest BCUT2D eigenvalue weighted by molar-refractivity contribution is 7.89. The van der Waals surface area contributed by atoms with Gasteiger partial charge in [-0.1, -0.05) is 18.2 Å². The molecule has 2 aromatic rings. The van der Waals surface area contributed by atoms with Crippen molar-refractivity contribution in [3.8, 4) is 0 Å². The van der Waals surface area contributed by atoms with E-state index in [-0.39, 0.29) is 12.5 Å². The maximum atomic E-state index is 14.8. The zero-order valence-electron chi connectivity index (χ0n) is 17.3. The van der Waals surface area contributed by atoms with Crippen LogP contribution in [0.4, 0.5) is 14.5 Å². The summed E-state index contributed by atoms with van der Waals surface area (Å²) in [5.74, 6) is -0.834. The Hall–Kier alpha value is -2.52. The van der Waals surface area contributed by atoms with E-state index in [9.17, 15) is 22.0 Å². The lowest BCUT2D eigenvalue weighted by Gasteiger charge is -2.35. The zero-order valence-corrected chi connectivity index (χ0v) is 18.1. The first-order chi connectivity index (χ1) is 14.8. The third-order valence-corrected chi connectivity index (χ3v) is 8.33. The van der Waals surface area contributed by atoms with Crippen LogP contribution in [0.2, 0.25) is 0 Å². The van der Waals surface area contributed by atoms with Crippen LogP contribution < -0.4 is 4.90 Å². The van der Waals surface area contributed by atoms with Crippen molar-refractivity contribution in [3.63, 3.8) is 0 Å².